The zero-order chi connectivity index (χ0) is 20.2. The Hall–Kier alpha value is -2.09. The summed E-state index contributed by atoms with van der Waals surface area (Å²) in [5.41, 5.74) is 3.21. The van der Waals surface area contributed by atoms with Crippen molar-refractivity contribution in [2.45, 2.75) is 32.9 Å². The number of hydrogen-bond acceptors (Lipinski definition) is 6. The van der Waals surface area contributed by atoms with Crippen molar-refractivity contribution in [1.82, 2.24) is 9.80 Å². The van der Waals surface area contributed by atoms with Gasteiger partial charge in [0.15, 0.2) is 0 Å². The number of benzene rings is 1. The number of amides is 1. The van der Waals surface area contributed by atoms with Crippen LogP contribution in [0.4, 0.5) is 5.69 Å². The number of rotatable bonds is 7. The fourth-order valence-corrected chi connectivity index (χ4v) is 4.61. The van der Waals surface area contributed by atoms with E-state index in [1.807, 2.05) is 19.1 Å². The molecule has 6 nitrogen and oxygen atoms in total. The van der Waals surface area contributed by atoms with Gasteiger partial charge >= 0.3 is 0 Å². The van der Waals surface area contributed by atoms with Gasteiger partial charge < -0.3 is 14.8 Å². The second-order valence-corrected chi connectivity index (χ2v) is 8.53. The Balaban J connectivity index is 1.31. The molecule has 156 valence electrons. The Labute approximate surface area is 176 Å². The standard InChI is InChI=1S/C22H29N3O3S/c1-3-27-21-11-18-10-16(2)28-20(18)12-19(21)23-22(26)14-25-7-5-24(6-8-25)13-17-4-9-29-15-17/h4,9,11-12,15-16H,3,5-8,10,13-14H2,1-2H3,(H,23,26). The lowest BCUT2D eigenvalue weighted by Gasteiger charge is -2.34. The molecule has 29 heavy (non-hydrogen) atoms. The van der Waals surface area contributed by atoms with Crippen LogP contribution in [-0.4, -0.2) is 61.1 Å². The topological polar surface area (TPSA) is 54.0 Å². The summed E-state index contributed by atoms with van der Waals surface area (Å²) in [7, 11) is 0. The summed E-state index contributed by atoms with van der Waals surface area (Å²) in [5.74, 6) is 1.56. The number of fused-ring (bicyclic) bond motifs is 1. The second kappa shape index (κ2) is 9.15. The summed E-state index contributed by atoms with van der Waals surface area (Å²) in [4.78, 5) is 17.3. The maximum atomic E-state index is 12.7. The lowest BCUT2D eigenvalue weighted by atomic mass is 10.1. The molecule has 0 radical (unpaired) electrons. The van der Waals surface area contributed by atoms with Gasteiger partial charge in [0.25, 0.3) is 0 Å². The van der Waals surface area contributed by atoms with E-state index >= 15 is 0 Å². The molecular formula is C22H29N3O3S. The molecule has 4 rings (SSSR count). The highest BCUT2D eigenvalue weighted by Gasteiger charge is 2.24. The van der Waals surface area contributed by atoms with Crippen molar-refractivity contribution in [2.75, 3.05) is 44.6 Å². The number of thiophene rings is 1. The van der Waals surface area contributed by atoms with Gasteiger partial charge in [-0.1, -0.05) is 0 Å². The van der Waals surface area contributed by atoms with Gasteiger partial charge in [-0.3, -0.25) is 14.6 Å². The van der Waals surface area contributed by atoms with Crippen molar-refractivity contribution >= 4 is 22.9 Å². The Kier molecular flexibility index (Phi) is 6.37. The highest BCUT2D eigenvalue weighted by molar-refractivity contribution is 7.07. The van der Waals surface area contributed by atoms with Crippen LogP contribution in [0.2, 0.25) is 0 Å². The first kappa shape index (κ1) is 20.2. The molecule has 1 fully saturated rings. The summed E-state index contributed by atoms with van der Waals surface area (Å²) in [6.45, 7) is 9.73. The first-order chi connectivity index (χ1) is 14.1. The molecule has 1 saturated heterocycles. The minimum atomic E-state index is -0.0109. The third-order valence-electron chi connectivity index (χ3n) is 5.39. The predicted octanol–water partition coefficient (Wildman–Crippen LogP) is 3.23. The number of ether oxygens (including phenoxy) is 2. The number of nitrogens with zero attached hydrogens (tertiary/aromatic N) is 2. The van der Waals surface area contributed by atoms with Gasteiger partial charge in [-0.25, -0.2) is 0 Å². The Morgan fingerprint density at radius 2 is 2.07 bits per heavy atom. The fourth-order valence-electron chi connectivity index (χ4n) is 3.95. The molecule has 0 saturated carbocycles. The highest BCUT2D eigenvalue weighted by Crippen LogP contribution is 2.38. The van der Waals surface area contributed by atoms with Crippen LogP contribution in [0.25, 0.3) is 0 Å². The molecule has 1 atom stereocenters. The van der Waals surface area contributed by atoms with E-state index in [4.69, 9.17) is 9.47 Å². The first-order valence-electron chi connectivity index (χ1n) is 10.3. The van der Waals surface area contributed by atoms with Gasteiger partial charge in [0, 0.05) is 50.8 Å². The lowest BCUT2D eigenvalue weighted by molar-refractivity contribution is -0.117. The quantitative estimate of drug-likeness (QED) is 0.753. The third-order valence-corrected chi connectivity index (χ3v) is 6.12. The molecule has 2 aliphatic rings. The minimum absolute atomic E-state index is 0.0109. The van der Waals surface area contributed by atoms with Crippen molar-refractivity contribution in [1.29, 1.82) is 0 Å². The predicted molar refractivity (Wildman–Crippen MR) is 116 cm³/mol. The largest absolute Gasteiger partial charge is 0.492 e. The number of carbonyl (C=O) groups excluding carboxylic acids is 1. The second-order valence-electron chi connectivity index (χ2n) is 7.75. The molecule has 1 N–H and O–H groups in total. The Morgan fingerprint density at radius 1 is 1.28 bits per heavy atom. The van der Waals surface area contributed by atoms with Crippen molar-refractivity contribution < 1.29 is 14.3 Å². The molecule has 1 aromatic carbocycles. The molecular weight excluding hydrogens is 386 g/mol. The van der Waals surface area contributed by atoms with Gasteiger partial charge in [-0.15, -0.1) is 0 Å². The number of carbonyl (C=O) groups is 1. The molecule has 2 aliphatic heterocycles. The smallest absolute Gasteiger partial charge is 0.238 e. The van der Waals surface area contributed by atoms with E-state index in [9.17, 15) is 4.79 Å². The Bertz CT molecular complexity index is 832. The molecule has 0 bridgehead atoms. The van der Waals surface area contributed by atoms with Gasteiger partial charge in [-0.05, 0) is 42.3 Å². The number of hydrogen-bond donors (Lipinski definition) is 1. The molecule has 3 heterocycles. The van der Waals surface area contributed by atoms with Gasteiger partial charge in [-0.2, -0.15) is 11.3 Å². The molecule has 0 spiro atoms. The van der Waals surface area contributed by atoms with Crippen LogP contribution in [0.5, 0.6) is 11.5 Å². The van der Waals surface area contributed by atoms with E-state index in [-0.39, 0.29) is 12.0 Å². The van der Waals surface area contributed by atoms with E-state index in [1.54, 1.807) is 11.3 Å². The Morgan fingerprint density at radius 3 is 2.79 bits per heavy atom. The van der Waals surface area contributed by atoms with Gasteiger partial charge in [0.2, 0.25) is 5.91 Å². The lowest BCUT2D eigenvalue weighted by Crippen LogP contribution is -2.48. The van der Waals surface area contributed by atoms with Crippen LogP contribution in [0.15, 0.2) is 29.0 Å². The van der Waals surface area contributed by atoms with E-state index in [1.165, 1.54) is 5.56 Å². The zero-order valence-corrected chi connectivity index (χ0v) is 18.0. The molecule has 0 aliphatic carbocycles. The molecule has 1 amide bonds. The maximum absolute atomic E-state index is 12.7. The summed E-state index contributed by atoms with van der Waals surface area (Å²) in [6, 6.07) is 6.09. The van der Waals surface area contributed by atoms with E-state index < -0.39 is 0 Å². The average molecular weight is 416 g/mol. The van der Waals surface area contributed by atoms with Crippen LogP contribution in [0.1, 0.15) is 25.0 Å². The van der Waals surface area contributed by atoms with Crippen LogP contribution in [0, 0.1) is 0 Å². The monoisotopic (exact) mass is 415 g/mol. The summed E-state index contributed by atoms with van der Waals surface area (Å²) < 4.78 is 11.6. The van der Waals surface area contributed by atoms with Crippen LogP contribution in [0.3, 0.4) is 0 Å². The van der Waals surface area contributed by atoms with Crippen molar-refractivity contribution in [2.24, 2.45) is 0 Å². The zero-order valence-electron chi connectivity index (χ0n) is 17.1. The number of nitrogens with one attached hydrogen (secondary N) is 1. The van der Waals surface area contributed by atoms with Crippen molar-refractivity contribution in [3.63, 3.8) is 0 Å². The molecule has 1 unspecified atom stereocenters. The van der Waals surface area contributed by atoms with Gasteiger partial charge in [0.05, 0.1) is 18.8 Å². The number of anilines is 1. The fraction of sp³-hybridized carbons (Fsp3) is 0.500. The highest BCUT2D eigenvalue weighted by atomic mass is 32.1. The van der Waals surface area contributed by atoms with Gasteiger partial charge in [0.1, 0.15) is 17.6 Å². The van der Waals surface area contributed by atoms with Crippen LogP contribution >= 0.6 is 11.3 Å². The van der Waals surface area contributed by atoms with Crippen molar-refractivity contribution in [3.8, 4) is 11.5 Å². The first-order valence-corrected chi connectivity index (χ1v) is 11.3. The molecule has 2 aromatic rings. The van der Waals surface area contributed by atoms with Crippen LogP contribution < -0.4 is 14.8 Å². The van der Waals surface area contributed by atoms with E-state index in [2.05, 4.69) is 38.9 Å². The summed E-state index contributed by atoms with van der Waals surface area (Å²) in [6.07, 6.45) is 1.04. The van der Waals surface area contributed by atoms with Crippen LogP contribution in [-0.2, 0) is 17.8 Å². The average Bonchev–Trinajstić information content (AvgIpc) is 3.32. The molecule has 1 aromatic heterocycles. The van der Waals surface area contributed by atoms with E-state index in [0.717, 1.165) is 56.2 Å². The maximum Gasteiger partial charge on any atom is 0.238 e. The summed E-state index contributed by atoms with van der Waals surface area (Å²) in [5, 5.41) is 7.36. The summed E-state index contributed by atoms with van der Waals surface area (Å²) >= 11 is 1.74. The molecule has 7 heteroatoms. The third kappa shape index (κ3) is 5.10. The van der Waals surface area contributed by atoms with Crippen molar-refractivity contribution in [3.05, 3.63) is 40.1 Å². The normalized spacial score (nSPS) is 19.6. The minimum Gasteiger partial charge on any atom is -0.492 e. The van der Waals surface area contributed by atoms with E-state index in [0.29, 0.717) is 18.8 Å². The SMILES string of the molecule is CCOc1cc2c(cc1NC(=O)CN1CCN(Cc3ccsc3)CC1)OC(C)C2. The number of piperazine rings is 1.